The lowest BCUT2D eigenvalue weighted by Gasteiger charge is -2.16. The first-order valence-electron chi connectivity index (χ1n) is 6.11. The van der Waals surface area contributed by atoms with E-state index in [1.165, 1.54) is 34.6 Å². The van der Waals surface area contributed by atoms with E-state index < -0.39 is 0 Å². The molecular formula is C13H20N2OS. The van der Waals surface area contributed by atoms with Gasteiger partial charge in [-0.2, -0.15) is 0 Å². The number of hydrogen-bond acceptors (Lipinski definition) is 4. The molecule has 1 aliphatic heterocycles. The zero-order valence-corrected chi connectivity index (χ0v) is 10.8. The highest BCUT2D eigenvalue weighted by Gasteiger charge is 2.09. The van der Waals surface area contributed by atoms with Crippen molar-refractivity contribution >= 4 is 11.8 Å². The molecule has 0 aromatic heterocycles. The predicted molar refractivity (Wildman–Crippen MR) is 72.3 cm³/mol. The standard InChI is InChI=1S/C13H20N2OS/c14-12(9-16)8-15-7-10-3-4-13-11(6-10)2-1-5-17-13/h3-4,6,12,15-16H,1-2,5,7-9,14H2. The number of aryl methyl sites for hydroxylation is 1. The van der Waals surface area contributed by atoms with Gasteiger partial charge in [-0.05, 0) is 35.8 Å². The molecule has 1 unspecified atom stereocenters. The van der Waals surface area contributed by atoms with Crippen LogP contribution in [-0.2, 0) is 13.0 Å². The molecule has 94 valence electrons. The number of rotatable bonds is 5. The first kappa shape index (κ1) is 12.9. The van der Waals surface area contributed by atoms with Gasteiger partial charge in [0.05, 0.1) is 6.61 Å². The van der Waals surface area contributed by atoms with Gasteiger partial charge in [0.1, 0.15) is 0 Å². The molecule has 3 nitrogen and oxygen atoms in total. The van der Waals surface area contributed by atoms with Crippen molar-refractivity contribution in [2.45, 2.75) is 30.3 Å². The van der Waals surface area contributed by atoms with Crippen LogP contribution in [0.5, 0.6) is 0 Å². The van der Waals surface area contributed by atoms with E-state index in [9.17, 15) is 0 Å². The van der Waals surface area contributed by atoms with Crippen molar-refractivity contribution in [3.63, 3.8) is 0 Å². The highest BCUT2D eigenvalue weighted by molar-refractivity contribution is 7.99. The van der Waals surface area contributed by atoms with Crippen molar-refractivity contribution in [2.24, 2.45) is 5.73 Å². The fourth-order valence-electron chi connectivity index (χ4n) is 1.99. The Kier molecular flexibility index (Phi) is 4.86. The number of hydrogen-bond donors (Lipinski definition) is 3. The molecule has 1 atom stereocenters. The third-order valence-corrected chi connectivity index (χ3v) is 4.15. The van der Waals surface area contributed by atoms with Crippen molar-refractivity contribution in [1.29, 1.82) is 0 Å². The predicted octanol–water partition coefficient (Wildman–Crippen LogP) is 1.13. The van der Waals surface area contributed by atoms with Gasteiger partial charge in [0, 0.05) is 24.0 Å². The van der Waals surface area contributed by atoms with Crippen LogP contribution in [-0.4, -0.2) is 30.1 Å². The highest BCUT2D eigenvalue weighted by atomic mass is 32.2. The molecule has 0 saturated carbocycles. The summed E-state index contributed by atoms with van der Waals surface area (Å²) >= 11 is 1.96. The zero-order valence-electron chi connectivity index (χ0n) is 9.98. The molecule has 1 aromatic rings. The molecule has 2 rings (SSSR count). The van der Waals surface area contributed by atoms with E-state index in [0.29, 0.717) is 6.54 Å². The first-order chi connectivity index (χ1) is 8.29. The second-order valence-electron chi connectivity index (χ2n) is 4.47. The summed E-state index contributed by atoms with van der Waals surface area (Å²) in [4.78, 5) is 1.44. The molecule has 0 aliphatic carbocycles. The number of aliphatic hydroxyl groups excluding tert-OH is 1. The molecule has 0 bridgehead atoms. The summed E-state index contributed by atoms with van der Waals surface area (Å²) in [5.41, 5.74) is 8.41. The van der Waals surface area contributed by atoms with E-state index in [4.69, 9.17) is 10.8 Å². The summed E-state index contributed by atoms with van der Waals surface area (Å²) in [6, 6.07) is 6.53. The molecular weight excluding hydrogens is 232 g/mol. The van der Waals surface area contributed by atoms with E-state index >= 15 is 0 Å². The van der Waals surface area contributed by atoms with Crippen LogP contribution in [0.2, 0.25) is 0 Å². The Morgan fingerprint density at radius 1 is 1.47 bits per heavy atom. The average Bonchev–Trinajstić information content (AvgIpc) is 2.38. The Labute approximate surface area is 107 Å². The van der Waals surface area contributed by atoms with Crippen LogP contribution in [0.25, 0.3) is 0 Å². The van der Waals surface area contributed by atoms with E-state index in [2.05, 4.69) is 23.5 Å². The van der Waals surface area contributed by atoms with Crippen molar-refractivity contribution in [3.8, 4) is 0 Å². The van der Waals surface area contributed by atoms with Gasteiger partial charge in [0.2, 0.25) is 0 Å². The number of nitrogens with one attached hydrogen (secondary N) is 1. The van der Waals surface area contributed by atoms with E-state index in [1.807, 2.05) is 11.8 Å². The molecule has 1 aliphatic rings. The quantitative estimate of drug-likeness (QED) is 0.735. The summed E-state index contributed by atoms with van der Waals surface area (Å²) in [6.07, 6.45) is 2.48. The summed E-state index contributed by atoms with van der Waals surface area (Å²) < 4.78 is 0. The number of thioether (sulfide) groups is 1. The summed E-state index contributed by atoms with van der Waals surface area (Å²) in [5.74, 6) is 1.25. The number of aliphatic hydroxyl groups is 1. The Morgan fingerprint density at radius 2 is 2.35 bits per heavy atom. The van der Waals surface area contributed by atoms with Crippen molar-refractivity contribution < 1.29 is 5.11 Å². The summed E-state index contributed by atoms with van der Waals surface area (Å²) in [5, 5.41) is 12.1. The van der Waals surface area contributed by atoms with Gasteiger partial charge in [-0.25, -0.2) is 0 Å². The Bertz CT molecular complexity index is 370. The fraction of sp³-hybridized carbons (Fsp3) is 0.538. The van der Waals surface area contributed by atoms with Gasteiger partial charge >= 0.3 is 0 Å². The second-order valence-corrected chi connectivity index (χ2v) is 5.60. The Balaban J connectivity index is 1.89. The molecule has 0 radical (unpaired) electrons. The third kappa shape index (κ3) is 3.71. The number of nitrogens with two attached hydrogens (primary N) is 1. The Morgan fingerprint density at radius 3 is 3.18 bits per heavy atom. The molecule has 17 heavy (non-hydrogen) atoms. The van der Waals surface area contributed by atoms with Crippen molar-refractivity contribution in [3.05, 3.63) is 29.3 Å². The average molecular weight is 252 g/mol. The van der Waals surface area contributed by atoms with Crippen LogP contribution in [0.1, 0.15) is 17.5 Å². The van der Waals surface area contributed by atoms with Gasteiger partial charge in [0.15, 0.2) is 0 Å². The monoisotopic (exact) mass is 252 g/mol. The first-order valence-corrected chi connectivity index (χ1v) is 7.10. The number of benzene rings is 1. The lowest BCUT2D eigenvalue weighted by molar-refractivity contribution is 0.262. The van der Waals surface area contributed by atoms with E-state index in [1.54, 1.807) is 0 Å². The van der Waals surface area contributed by atoms with Gasteiger partial charge < -0.3 is 16.2 Å². The largest absolute Gasteiger partial charge is 0.395 e. The minimum Gasteiger partial charge on any atom is -0.395 e. The normalized spacial score (nSPS) is 16.6. The maximum atomic E-state index is 8.82. The maximum Gasteiger partial charge on any atom is 0.0594 e. The maximum absolute atomic E-state index is 8.82. The molecule has 4 heteroatoms. The third-order valence-electron chi connectivity index (χ3n) is 2.94. The van der Waals surface area contributed by atoms with Crippen LogP contribution in [0, 0.1) is 0 Å². The van der Waals surface area contributed by atoms with E-state index in [-0.39, 0.29) is 12.6 Å². The van der Waals surface area contributed by atoms with Crippen LogP contribution < -0.4 is 11.1 Å². The zero-order chi connectivity index (χ0) is 12.1. The molecule has 1 aromatic carbocycles. The van der Waals surface area contributed by atoms with Crippen molar-refractivity contribution in [2.75, 3.05) is 18.9 Å². The minimum atomic E-state index is -0.164. The van der Waals surface area contributed by atoms with Gasteiger partial charge in [0.25, 0.3) is 0 Å². The highest BCUT2D eigenvalue weighted by Crippen LogP contribution is 2.30. The SMILES string of the molecule is NC(CO)CNCc1ccc2c(c1)CCCS2. The van der Waals surface area contributed by atoms with Gasteiger partial charge in [-0.3, -0.25) is 0 Å². The fourth-order valence-corrected chi connectivity index (χ4v) is 3.01. The van der Waals surface area contributed by atoms with Crippen LogP contribution >= 0.6 is 11.8 Å². The van der Waals surface area contributed by atoms with E-state index in [0.717, 1.165) is 6.54 Å². The molecule has 0 spiro atoms. The van der Waals surface area contributed by atoms with Gasteiger partial charge in [-0.1, -0.05) is 12.1 Å². The van der Waals surface area contributed by atoms with Crippen molar-refractivity contribution in [1.82, 2.24) is 5.32 Å². The second kappa shape index (κ2) is 6.40. The lowest BCUT2D eigenvalue weighted by Crippen LogP contribution is -2.36. The van der Waals surface area contributed by atoms with Crippen LogP contribution in [0.4, 0.5) is 0 Å². The van der Waals surface area contributed by atoms with Crippen LogP contribution in [0.15, 0.2) is 23.1 Å². The lowest BCUT2D eigenvalue weighted by atomic mass is 10.1. The van der Waals surface area contributed by atoms with Crippen LogP contribution in [0.3, 0.4) is 0 Å². The summed E-state index contributed by atoms with van der Waals surface area (Å²) in [6.45, 7) is 1.52. The summed E-state index contributed by atoms with van der Waals surface area (Å²) in [7, 11) is 0. The molecule has 0 saturated heterocycles. The molecule has 1 heterocycles. The minimum absolute atomic E-state index is 0.0355. The topological polar surface area (TPSA) is 58.3 Å². The Hall–Kier alpha value is -0.550. The molecule has 4 N–H and O–H groups in total. The molecule has 0 fully saturated rings. The number of fused-ring (bicyclic) bond motifs is 1. The smallest absolute Gasteiger partial charge is 0.0594 e. The molecule has 0 amide bonds. The van der Waals surface area contributed by atoms with Gasteiger partial charge in [-0.15, -0.1) is 11.8 Å².